The predicted molar refractivity (Wildman–Crippen MR) is 124 cm³/mol. The molecular formula is C25H22N2O2S. The Kier molecular flexibility index (Phi) is 6.42. The van der Waals surface area contributed by atoms with E-state index in [1.807, 2.05) is 78.9 Å². The molecule has 1 aliphatic rings. The number of aliphatic hydroxyl groups is 1. The van der Waals surface area contributed by atoms with Gasteiger partial charge in [0, 0.05) is 6.54 Å². The number of aliphatic hydroxyl groups excluding tert-OH is 1. The molecule has 0 atom stereocenters. The number of benzene rings is 3. The lowest BCUT2D eigenvalue weighted by Gasteiger charge is -2.15. The molecule has 0 bridgehead atoms. The topological polar surface area (TPSA) is 52.9 Å². The highest BCUT2D eigenvalue weighted by Crippen LogP contribution is 2.36. The Bertz CT molecular complexity index is 1060. The minimum atomic E-state index is -0.0732. The van der Waals surface area contributed by atoms with Crippen molar-refractivity contribution in [1.29, 1.82) is 0 Å². The van der Waals surface area contributed by atoms with Gasteiger partial charge in [-0.25, -0.2) is 0 Å². The van der Waals surface area contributed by atoms with Gasteiger partial charge in [0.2, 0.25) is 0 Å². The van der Waals surface area contributed by atoms with Crippen molar-refractivity contribution >= 4 is 34.6 Å². The Morgan fingerprint density at radius 2 is 1.53 bits per heavy atom. The Labute approximate surface area is 180 Å². The van der Waals surface area contributed by atoms with Crippen LogP contribution in [0.4, 0.5) is 5.69 Å². The molecule has 0 spiro atoms. The van der Waals surface area contributed by atoms with Crippen molar-refractivity contribution < 1.29 is 9.90 Å². The maximum Gasteiger partial charge on any atom is 0.271 e. The van der Waals surface area contributed by atoms with Crippen LogP contribution in [0.1, 0.15) is 16.7 Å². The zero-order chi connectivity index (χ0) is 20.8. The molecule has 1 N–H and O–H groups in total. The third-order valence-electron chi connectivity index (χ3n) is 4.77. The van der Waals surface area contributed by atoms with E-state index in [2.05, 4.69) is 12.1 Å². The molecule has 5 heteroatoms. The maximum atomic E-state index is 13.2. The van der Waals surface area contributed by atoms with Gasteiger partial charge in [-0.15, -0.1) is 0 Å². The number of carbonyl (C=O) groups excluding carboxylic acids is 1. The summed E-state index contributed by atoms with van der Waals surface area (Å²) in [6.45, 7) is 0.617. The molecule has 3 aromatic carbocycles. The van der Waals surface area contributed by atoms with E-state index in [1.54, 1.807) is 4.90 Å². The molecule has 0 radical (unpaired) electrons. The van der Waals surface area contributed by atoms with Gasteiger partial charge in [0.1, 0.15) is 0 Å². The first kappa shape index (κ1) is 20.1. The van der Waals surface area contributed by atoms with E-state index in [-0.39, 0.29) is 12.5 Å². The van der Waals surface area contributed by atoms with Gasteiger partial charge >= 0.3 is 0 Å². The van der Waals surface area contributed by atoms with E-state index >= 15 is 0 Å². The van der Waals surface area contributed by atoms with Crippen molar-refractivity contribution in [2.75, 3.05) is 11.4 Å². The standard InChI is InChI=1S/C25H22N2O2S/c28-18-21-13-11-20(12-14-21)17-23-24(29)27(22-9-5-2-6-10-22)25(30-23)26-16-15-19-7-3-1-4-8-19/h1-14,17,28H,15-16,18H2. The number of nitrogens with zero attached hydrogens (tertiary/aromatic N) is 2. The largest absolute Gasteiger partial charge is 0.392 e. The molecule has 4 nitrogen and oxygen atoms in total. The third kappa shape index (κ3) is 4.70. The van der Waals surface area contributed by atoms with Gasteiger partial charge in [0.05, 0.1) is 17.2 Å². The van der Waals surface area contributed by atoms with Crippen LogP contribution in [0.2, 0.25) is 0 Å². The molecule has 0 saturated carbocycles. The van der Waals surface area contributed by atoms with Crippen LogP contribution in [-0.2, 0) is 17.8 Å². The minimum Gasteiger partial charge on any atom is -0.392 e. The van der Waals surface area contributed by atoms with Crippen LogP contribution in [0.3, 0.4) is 0 Å². The van der Waals surface area contributed by atoms with Gasteiger partial charge in [-0.05, 0) is 53.1 Å². The highest BCUT2D eigenvalue weighted by Gasteiger charge is 2.34. The second-order valence-electron chi connectivity index (χ2n) is 6.89. The number of thioether (sulfide) groups is 1. The molecule has 30 heavy (non-hydrogen) atoms. The fraction of sp³-hybridized carbons (Fsp3) is 0.120. The van der Waals surface area contributed by atoms with Crippen LogP contribution in [0, 0.1) is 0 Å². The molecule has 150 valence electrons. The number of amides is 1. The van der Waals surface area contributed by atoms with Crippen molar-refractivity contribution in [3.05, 3.63) is 107 Å². The summed E-state index contributed by atoms with van der Waals surface area (Å²) in [5, 5.41) is 9.91. The van der Waals surface area contributed by atoms with E-state index in [0.717, 1.165) is 23.2 Å². The van der Waals surface area contributed by atoms with Gasteiger partial charge in [-0.1, -0.05) is 72.8 Å². The molecule has 4 rings (SSSR count). The fourth-order valence-corrected chi connectivity index (χ4v) is 4.19. The molecule has 3 aromatic rings. The van der Waals surface area contributed by atoms with E-state index < -0.39 is 0 Å². The molecule has 1 fully saturated rings. The van der Waals surface area contributed by atoms with E-state index in [9.17, 15) is 9.90 Å². The number of rotatable bonds is 6. The fourth-order valence-electron chi connectivity index (χ4n) is 3.18. The summed E-state index contributed by atoms with van der Waals surface area (Å²) in [4.78, 5) is 20.3. The first-order valence-electron chi connectivity index (χ1n) is 9.82. The molecule has 1 saturated heterocycles. The first-order chi connectivity index (χ1) is 14.7. The number of hydrogen-bond acceptors (Lipinski definition) is 4. The Morgan fingerprint density at radius 3 is 2.20 bits per heavy atom. The van der Waals surface area contributed by atoms with Crippen molar-refractivity contribution in [3.8, 4) is 0 Å². The predicted octanol–water partition coefficient (Wildman–Crippen LogP) is 4.90. The summed E-state index contributed by atoms with van der Waals surface area (Å²) in [5.74, 6) is -0.0732. The van der Waals surface area contributed by atoms with Crippen LogP contribution >= 0.6 is 11.8 Å². The summed E-state index contributed by atoms with van der Waals surface area (Å²) >= 11 is 1.40. The SMILES string of the molecule is O=C1C(=Cc2ccc(CO)cc2)SC(=NCCc2ccccc2)N1c1ccccc1. The first-order valence-corrected chi connectivity index (χ1v) is 10.6. The van der Waals surface area contributed by atoms with Gasteiger partial charge in [0.25, 0.3) is 5.91 Å². The molecule has 0 aromatic heterocycles. The second-order valence-corrected chi connectivity index (χ2v) is 7.90. The molecular weight excluding hydrogens is 392 g/mol. The summed E-state index contributed by atoms with van der Waals surface area (Å²) in [7, 11) is 0. The Morgan fingerprint density at radius 1 is 0.867 bits per heavy atom. The van der Waals surface area contributed by atoms with Gasteiger partial charge in [-0.2, -0.15) is 0 Å². The van der Waals surface area contributed by atoms with Gasteiger partial charge < -0.3 is 5.11 Å². The maximum absolute atomic E-state index is 13.2. The molecule has 1 amide bonds. The molecule has 1 aliphatic heterocycles. The normalized spacial score (nSPS) is 16.6. The van der Waals surface area contributed by atoms with E-state index in [1.165, 1.54) is 17.3 Å². The smallest absolute Gasteiger partial charge is 0.271 e. The number of para-hydroxylation sites is 1. The van der Waals surface area contributed by atoms with E-state index in [4.69, 9.17) is 4.99 Å². The summed E-state index contributed by atoms with van der Waals surface area (Å²) in [5.41, 5.74) is 3.80. The second kappa shape index (κ2) is 9.57. The van der Waals surface area contributed by atoms with Crippen LogP contribution in [0.5, 0.6) is 0 Å². The lowest BCUT2D eigenvalue weighted by Crippen LogP contribution is -2.29. The molecule has 1 heterocycles. The van der Waals surface area contributed by atoms with E-state index in [0.29, 0.717) is 16.6 Å². The summed E-state index contributed by atoms with van der Waals surface area (Å²) in [6, 6.07) is 27.4. The minimum absolute atomic E-state index is 0.00450. The van der Waals surface area contributed by atoms with Crippen LogP contribution in [-0.4, -0.2) is 22.7 Å². The number of carbonyl (C=O) groups is 1. The third-order valence-corrected chi connectivity index (χ3v) is 5.78. The van der Waals surface area contributed by atoms with Crippen molar-refractivity contribution in [2.24, 2.45) is 4.99 Å². The van der Waals surface area contributed by atoms with Crippen molar-refractivity contribution in [3.63, 3.8) is 0 Å². The highest BCUT2D eigenvalue weighted by molar-refractivity contribution is 8.19. The van der Waals surface area contributed by atoms with Gasteiger partial charge in [-0.3, -0.25) is 14.7 Å². The number of hydrogen-bond donors (Lipinski definition) is 1. The van der Waals surface area contributed by atoms with Gasteiger partial charge in [0.15, 0.2) is 5.17 Å². The number of amidine groups is 1. The Hall–Kier alpha value is -3.15. The summed E-state index contributed by atoms with van der Waals surface area (Å²) in [6.07, 6.45) is 2.70. The Balaban J connectivity index is 1.60. The average Bonchev–Trinajstić information content (AvgIpc) is 3.10. The zero-order valence-electron chi connectivity index (χ0n) is 16.4. The lowest BCUT2D eigenvalue weighted by molar-refractivity contribution is -0.113. The zero-order valence-corrected chi connectivity index (χ0v) is 17.3. The lowest BCUT2D eigenvalue weighted by atomic mass is 10.1. The van der Waals surface area contributed by atoms with Crippen molar-refractivity contribution in [2.45, 2.75) is 13.0 Å². The van der Waals surface area contributed by atoms with Crippen LogP contribution in [0.15, 0.2) is 94.8 Å². The number of anilines is 1. The summed E-state index contributed by atoms with van der Waals surface area (Å²) < 4.78 is 0. The molecule has 0 aliphatic carbocycles. The quantitative estimate of drug-likeness (QED) is 0.584. The monoisotopic (exact) mass is 414 g/mol. The highest BCUT2D eigenvalue weighted by atomic mass is 32.2. The number of aliphatic imine (C=N–C) groups is 1. The van der Waals surface area contributed by atoms with Crippen LogP contribution < -0.4 is 4.90 Å². The average molecular weight is 415 g/mol. The van der Waals surface area contributed by atoms with Crippen LogP contribution in [0.25, 0.3) is 6.08 Å². The molecule has 0 unspecified atom stereocenters. The van der Waals surface area contributed by atoms with Crippen molar-refractivity contribution in [1.82, 2.24) is 0 Å².